The van der Waals surface area contributed by atoms with E-state index in [1.54, 1.807) is 0 Å². The largest absolute Gasteiger partial charge is 0.353 e. The van der Waals surface area contributed by atoms with Crippen molar-refractivity contribution in [2.24, 2.45) is 5.73 Å². The van der Waals surface area contributed by atoms with Crippen LogP contribution in [0.1, 0.15) is 26.2 Å². The van der Waals surface area contributed by atoms with Gasteiger partial charge in [-0.3, -0.25) is 9.00 Å². The molecule has 82 valence electrons. The highest BCUT2D eigenvalue weighted by Crippen LogP contribution is 2.09. The lowest BCUT2D eigenvalue weighted by Gasteiger charge is -2.22. The summed E-state index contributed by atoms with van der Waals surface area (Å²) in [5, 5.41) is 2.92. The topological polar surface area (TPSA) is 72.2 Å². The molecule has 4 nitrogen and oxygen atoms in total. The Morgan fingerprint density at radius 1 is 1.57 bits per heavy atom. The molecular weight excluding hydrogens is 200 g/mol. The number of nitrogens with two attached hydrogens (primary N) is 1. The van der Waals surface area contributed by atoms with Crippen LogP contribution >= 0.6 is 0 Å². The van der Waals surface area contributed by atoms with Gasteiger partial charge >= 0.3 is 0 Å². The lowest BCUT2D eigenvalue weighted by atomic mass is 10.1. The van der Waals surface area contributed by atoms with E-state index in [4.69, 9.17) is 5.73 Å². The normalized spacial score (nSPS) is 29.6. The number of nitrogens with one attached hydrogen (secondary N) is 1. The average Bonchev–Trinajstić information content (AvgIpc) is 2.07. The summed E-state index contributed by atoms with van der Waals surface area (Å²) < 4.78 is 11.1. The summed E-state index contributed by atoms with van der Waals surface area (Å²) in [5.74, 6) is 1.43. The molecule has 0 saturated carbocycles. The summed E-state index contributed by atoms with van der Waals surface area (Å²) in [7, 11) is -0.662. The molecule has 1 unspecified atom stereocenters. The van der Waals surface area contributed by atoms with E-state index in [1.165, 1.54) is 0 Å². The van der Waals surface area contributed by atoms with Gasteiger partial charge in [0.1, 0.15) is 0 Å². The first-order valence-corrected chi connectivity index (χ1v) is 6.46. The minimum Gasteiger partial charge on any atom is -0.353 e. The van der Waals surface area contributed by atoms with E-state index in [1.807, 2.05) is 6.92 Å². The van der Waals surface area contributed by atoms with Crippen molar-refractivity contribution in [3.8, 4) is 0 Å². The van der Waals surface area contributed by atoms with Crippen molar-refractivity contribution in [3.05, 3.63) is 0 Å². The van der Waals surface area contributed by atoms with E-state index < -0.39 is 10.8 Å². The summed E-state index contributed by atoms with van der Waals surface area (Å²) in [5.41, 5.74) is 5.51. The molecule has 1 amide bonds. The summed E-state index contributed by atoms with van der Waals surface area (Å²) in [6.45, 7) is 1.81. The molecule has 0 spiro atoms. The second kappa shape index (κ2) is 5.46. The first-order chi connectivity index (χ1) is 6.58. The molecule has 0 aromatic carbocycles. The summed E-state index contributed by atoms with van der Waals surface area (Å²) in [6, 6.07) is 0.117. The molecule has 3 N–H and O–H groups in total. The van der Waals surface area contributed by atoms with E-state index in [9.17, 15) is 9.00 Å². The average molecular weight is 218 g/mol. The molecule has 1 fully saturated rings. The fraction of sp³-hybridized carbons (Fsp3) is 0.889. The second-order valence-corrected chi connectivity index (χ2v) is 5.57. The molecule has 5 heteroatoms. The van der Waals surface area contributed by atoms with E-state index in [0.29, 0.717) is 17.9 Å². The van der Waals surface area contributed by atoms with Crippen molar-refractivity contribution < 1.29 is 9.00 Å². The van der Waals surface area contributed by atoms with Crippen molar-refractivity contribution in [1.82, 2.24) is 5.32 Å². The van der Waals surface area contributed by atoms with E-state index in [0.717, 1.165) is 12.8 Å². The number of carbonyl (C=O) groups is 1. The van der Waals surface area contributed by atoms with Gasteiger partial charge in [0.2, 0.25) is 5.91 Å². The van der Waals surface area contributed by atoms with Crippen LogP contribution in [0.15, 0.2) is 0 Å². The SMILES string of the molecule is CC(N)CC(=O)NC1CCS(=O)CC1. The zero-order valence-corrected chi connectivity index (χ0v) is 9.31. The molecule has 1 rings (SSSR count). The lowest BCUT2D eigenvalue weighted by Crippen LogP contribution is -2.41. The Bertz CT molecular complexity index is 221. The van der Waals surface area contributed by atoms with Crippen molar-refractivity contribution in [1.29, 1.82) is 0 Å². The highest BCUT2D eigenvalue weighted by atomic mass is 32.2. The molecular formula is C9H18N2O2S. The Labute approximate surface area is 87.1 Å². The quantitative estimate of drug-likeness (QED) is 0.686. The third-order valence-corrected chi connectivity index (χ3v) is 3.64. The molecule has 0 aromatic rings. The highest BCUT2D eigenvalue weighted by Gasteiger charge is 2.19. The molecule has 1 heterocycles. The van der Waals surface area contributed by atoms with Crippen LogP contribution in [0.2, 0.25) is 0 Å². The summed E-state index contributed by atoms with van der Waals surface area (Å²) in [6.07, 6.45) is 2.04. The number of hydrogen-bond acceptors (Lipinski definition) is 3. The molecule has 1 saturated heterocycles. The molecule has 1 atom stereocenters. The van der Waals surface area contributed by atoms with E-state index >= 15 is 0 Å². The van der Waals surface area contributed by atoms with Gasteiger partial charge in [-0.05, 0) is 19.8 Å². The monoisotopic (exact) mass is 218 g/mol. The number of rotatable bonds is 3. The Morgan fingerprint density at radius 2 is 2.14 bits per heavy atom. The van der Waals surface area contributed by atoms with Crippen LogP contribution < -0.4 is 11.1 Å². The Hall–Kier alpha value is -0.420. The third-order valence-electron chi connectivity index (χ3n) is 2.26. The zero-order chi connectivity index (χ0) is 10.6. The lowest BCUT2D eigenvalue weighted by molar-refractivity contribution is -0.122. The van der Waals surface area contributed by atoms with Crippen molar-refractivity contribution in [2.45, 2.75) is 38.3 Å². The van der Waals surface area contributed by atoms with Crippen LogP contribution in [-0.2, 0) is 15.6 Å². The van der Waals surface area contributed by atoms with E-state index in [-0.39, 0.29) is 18.0 Å². The van der Waals surface area contributed by atoms with Gasteiger partial charge in [-0.15, -0.1) is 0 Å². The standard InChI is InChI=1S/C9H18N2O2S/c1-7(10)6-9(12)11-8-2-4-14(13)5-3-8/h7-8H,2-6,10H2,1H3,(H,11,12). The van der Waals surface area contributed by atoms with Gasteiger partial charge in [0.05, 0.1) is 0 Å². The van der Waals surface area contributed by atoms with Crippen molar-refractivity contribution >= 4 is 16.7 Å². The third kappa shape index (κ3) is 4.19. The molecule has 14 heavy (non-hydrogen) atoms. The van der Waals surface area contributed by atoms with E-state index in [2.05, 4.69) is 5.32 Å². The maximum Gasteiger partial charge on any atom is 0.221 e. The van der Waals surface area contributed by atoms with Crippen LogP contribution in [0.25, 0.3) is 0 Å². The predicted octanol–water partition coefficient (Wildman–Crippen LogP) is -0.249. The van der Waals surface area contributed by atoms with Crippen LogP contribution in [0.5, 0.6) is 0 Å². The zero-order valence-electron chi connectivity index (χ0n) is 8.49. The summed E-state index contributed by atoms with van der Waals surface area (Å²) in [4.78, 5) is 11.3. The van der Waals surface area contributed by atoms with Gasteiger partial charge in [0, 0.05) is 40.8 Å². The van der Waals surface area contributed by atoms with Crippen molar-refractivity contribution in [3.63, 3.8) is 0 Å². The molecule has 1 aliphatic heterocycles. The van der Waals surface area contributed by atoms with Crippen molar-refractivity contribution in [2.75, 3.05) is 11.5 Å². The minimum atomic E-state index is -0.662. The molecule has 1 aliphatic rings. The van der Waals surface area contributed by atoms with Crippen LogP contribution in [-0.4, -0.2) is 33.7 Å². The maximum absolute atomic E-state index is 11.3. The van der Waals surface area contributed by atoms with Gasteiger partial charge in [0.15, 0.2) is 0 Å². The Kier molecular flexibility index (Phi) is 4.54. The van der Waals surface area contributed by atoms with Gasteiger partial charge < -0.3 is 11.1 Å². The molecule has 0 aliphatic carbocycles. The smallest absolute Gasteiger partial charge is 0.221 e. The number of hydrogen-bond donors (Lipinski definition) is 2. The predicted molar refractivity (Wildman–Crippen MR) is 57.3 cm³/mol. The minimum absolute atomic E-state index is 0.0117. The Morgan fingerprint density at radius 3 is 2.64 bits per heavy atom. The molecule has 0 radical (unpaired) electrons. The van der Waals surface area contributed by atoms with Crippen LogP contribution in [0.3, 0.4) is 0 Å². The fourth-order valence-electron chi connectivity index (χ4n) is 1.52. The number of carbonyl (C=O) groups excluding carboxylic acids is 1. The second-order valence-electron chi connectivity index (χ2n) is 3.87. The van der Waals surface area contributed by atoms with Crippen LogP contribution in [0, 0.1) is 0 Å². The number of amides is 1. The highest BCUT2D eigenvalue weighted by molar-refractivity contribution is 7.85. The van der Waals surface area contributed by atoms with Gasteiger partial charge in [-0.2, -0.15) is 0 Å². The van der Waals surface area contributed by atoms with Gasteiger partial charge in [0.25, 0.3) is 0 Å². The Balaban J connectivity index is 2.24. The summed E-state index contributed by atoms with van der Waals surface area (Å²) >= 11 is 0. The molecule has 0 bridgehead atoms. The first kappa shape index (κ1) is 11.7. The fourth-order valence-corrected chi connectivity index (χ4v) is 2.82. The van der Waals surface area contributed by atoms with Gasteiger partial charge in [-0.25, -0.2) is 0 Å². The van der Waals surface area contributed by atoms with Gasteiger partial charge in [-0.1, -0.05) is 0 Å². The maximum atomic E-state index is 11.3. The van der Waals surface area contributed by atoms with Crippen LogP contribution in [0.4, 0.5) is 0 Å². The molecule has 0 aromatic heterocycles. The first-order valence-electron chi connectivity index (χ1n) is 4.98.